The topological polar surface area (TPSA) is 25.8 Å². The van der Waals surface area contributed by atoms with Crippen LogP contribution in [0.15, 0.2) is 0 Å². The summed E-state index contributed by atoms with van der Waals surface area (Å²) in [4.78, 5) is 4.30. The van der Waals surface area contributed by atoms with E-state index in [1.54, 1.807) is 0 Å². The molecule has 0 spiro atoms. The highest BCUT2D eigenvalue weighted by molar-refractivity contribution is 7.05. The molecule has 1 unspecified atom stereocenters. The van der Waals surface area contributed by atoms with Gasteiger partial charge < -0.3 is 0 Å². The summed E-state index contributed by atoms with van der Waals surface area (Å²) in [7, 11) is 0. The molecule has 1 aromatic heterocycles. The first kappa shape index (κ1) is 10.4. The minimum Gasteiger partial charge on any atom is -0.209 e. The van der Waals surface area contributed by atoms with Crippen molar-refractivity contribution in [1.82, 2.24) is 9.36 Å². The molecule has 1 atom stereocenters. The minimum absolute atomic E-state index is 0.362. The zero-order valence-electron chi connectivity index (χ0n) is 8.59. The van der Waals surface area contributed by atoms with Gasteiger partial charge in [-0.2, -0.15) is 4.37 Å². The molecule has 2 rings (SSSR count). The van der Waals surface area contributed by atoms with Crippen LogP contribution in [0.2, 0.25) is 5.28 Å². The van der Waals surface area contributed by atoms with Crippen LogP contribution in [-0.2, 0) is 0 Å². The summed E-state index contributed by atoms with van der Waals surface area (Å²) in [6.07, 6.45) is 5.18. The van der Waals surface area contributed by atoms with Crippen LogP contribution in [0.1, 0.15) is 50.5 Å². The average Bonchev–Trinajstić information content (AvgIpc) is 2.51. The second-order valence-electron chi connectivity index (χ2n) is 4.69. The molecular weight excluding hydrogens is 216 g/mol. The highest BCUT2D eigenvalue weighted by Crippen LogP contribution is 2.47. The zero-order chi connectivity index (χ0) is 10.2. The van der Waals surface area contributed by atoms with Gasteiger partial charge in [0.1, 0.15) is 5.01 Å². The van der Waals surface area contributed by atoms with E-state index in [-0.39, 0.29) is 0 Å². The molecule has 0 aliphatic heterocycles. The molecule has 0 saturated heterocycles. The smallest absolute Gasteiger partial charge is 0.209 e. The maximum Gasteiger partial charge on any atom is 0.234 e. The van der Waals surface area contributed by atoms with Crippen molar-refractivity contribution in [1.29, 1.82) is 0 Å². The maximum absolute atomic E-state index is 5.76. The standard InChI is InChI=1S/C10H15ClN2S/c1-10(2)6-4-3-5-7(10)8-12-9(11)13-14-8/h7H,3-6H2,1-2H3. The molecule has 4 heteroatoms. The van der Waals surface area contributed by atoms with Crippen molar-refractivity contribution >= 4 is 23.1 Å². The van der Waals surface area contributed by atoms with E-state index in [0.29, 0.717) is 16.6 Å². The number of aromatic nitrogens is 2. The summed E-state index contributed by atoms with van der Waals surface area (Å²) >= 11 is 7.23. The van der Waals surface area contributed by atoms with Gasteiger partial charge in [-0.05, 0) is 41.4 Å². The van der Waals surface area contributed by atoms with Crippen LogP contribution in [0.4, 0.5) is 0 Å². The monoisotopic (exact) mass is 230 g/mol. The second kappa shape index (κ2) is 3.78. The molecule has 0 radical (unpaired) electrons. The summed E-state index contributed by atoms with van der Waals surface area (Å²) < 4.78 is 4.05. The minimum atomic E-state index is 0.362. The third kappa shape index (κ3) is 1.94. The van der Waals surface area contributed by atoms with Crippen molar-refractivity contribution in [3.8, 4) is 0 Å². The van der Waals surface area contributed by atoms with Crippen molar-refractivity contribution in [3.63, 3.8) is 0 Å². The van der Waals surface area contributed by atoms with Crippen molar-refractivity contribution in [2.24, 2.45) is 5.41 Å². The van der Waals surface area contributed by atoms with Crippen LogP contribution in [0.3, 0.4) is 0 Å². The zero-order valence-corrected chi connectivity index (χ0v) is 10.2. The number of hydrogen-bond donors (Lipinski definition) is 0. The Hall–Kier alpha value is -0.150. The normalized spacial score (nSPS) is 26.4. The molecule has 0 aromatic carbocycles. The lowest BCUT2D eigenvalue weighted by Gasteiger charge is -2.37. The van der Waals surface area contributed by atoms with Crippen LogP contribution in [0, 0.1) is 5.41 Å². The Morgan fingerprint density at radius 3 is 2.79 bits per heavy atom. The Kier molecular flexibility index (Phi) is 2.80. The highest BCUT2D eigenvalue weighted by Gasteiger charge is 2.35. The van der Waals surface area contributed by atoms with Gasteiger partial charge in [0.05, 0.1) is 0 Å². The number of halogens is 1. The van der Waals surface area contributed by atoms with Gasteiger partial charge in [-0.15, -0.1) is 0 Å². The van der Waals surface area contributed by atoms with Gasteiger partial charge in [-0.3, -0.25) is 0 Å². The van der Waals surface area contributed by atoms with Gasteiger partial charge >= 0.3 is 0 Å². The Morgan fingerprint density at radius 2 is 2.21 bits per heavy atom. The van der Waals surface area contributed by atoms with Crippen molar-refractivity contribution in [2.75, 3.05) is 0 Å². The molecule has 1 fully saturated rings. The fraction of sp³-hybridized carbons (Fsp3) is 0.800. The number of hydrogen-bond acceptors (Lipinski definition) is 3. The van der Waals surface area contributed by atoms with E-state index in [9.17, 15) is 0 Å². The highest BCUT2D eigenvalue weighted by atomic mass is 35.5. The molecule has 2 nitrogen and oxygen atoms in total. The maximum atomic E-state index is 5.76. The predicted molar refractivity (Wildman–Crippen MR) is 59.9 cm³/mol. The largest absolute Gasteiger partial charge is 0.234 e. The SMILES string of the molecule is CC1(C)CCCCC1c1nc(Cl)ns1. The van der Waals surface area contributed by atoms with E-state index in [1.807, 2.05) is 0 Å². The lowest BCUT2D eigenvalue weighted by atomic mass is 9.69. The van der Waals surface area contributed by atoms with Crippen LogP contribution in [-0.4, -0.2) is 9.36 Å². The quantitative estimate of drug-likeness (QED) is 0.732. The molecular formula is C10H15ClN2S. The summed E-state index contributed by atoms with van der Waals surface area (Å²) in [6.45, 7) is 4.65. The molecule has 1 heterocycles. The van der Waals surface area contributed by atoms with E-state index in [2.05, 4.69) is 23.2 Å². The van der Waals surface area contributed by atoms with E-state index < -0.39 is 0 Å². The molecule has 1 aliphatic carbocycles. The van der Waals surface area contributed by atoms with Gasteiger partial charge in [0, 0.05) is 5.92 Å². The molecule has 14 heavy (non-hydrogen) atoms. The number of nitrogens with zero attached hydrogens (tertiary/aromatic N) is 2. The van der Waals surface area contributed by atoms with Gasteiger partial charge in [-0.1, -0.05) is 26.7 Å². The Morgan fingerprint density at radius 1 is 1.43 bits per heavy atom. The lowest BCUT2D eigenvalue weighted by Crippen LogP contribution is -2.25. The van der Waals surface area contributed by atoms with Crippen LogP contribution in [0.25, 0.3) is 0 Å². The molecule has 1 saturated carbocycles. The second-order valence-corrected chi connectivity index (χ2v) is 5.81. The van der Waals surface area contributed by atoms with E-state index in [4.69, 9.17) is 11.6 Å². The van der Waals surface area contributed by atoms with Gasteiger partial charge in [0.15, 0.2) is 0 Å². The number of rotatable bonds is 1. The van der Waals surface area contributed by atoms with E-state index in [0.717, 1.165) is 5.01 Å². The molecule has 0 N–H and O–H groups in total. The predicted octanol–water partition coefficient (Wildman–Crippen LogP) is 3.88. The van der Waals surface area contributed by atoms with Crippen LogP contribution < -0.4 is 0 Å². The lowest BCUT2D eigenvalue weighted by molar-refractivity contribution is 0.199. The van der Waals surface area contributed by atoms with E-state index >= 15 is 0 Å². The Bertz CT molecular complexity index is 322. The molecule has 1 aromatic rings. The summed E-state index contributed by atoms with van der Waals surface area (Å²) in [5.41, 5.74) is 0.362. The van der Waals surface area contributed by atoms with Crippen molar-refractivity contribution in [3.05, 3.63) is 10.3 Å². The molecule has 0 bridgehead atoms. The summed E-state index contributed by atoms with van der Waals surface area (Å²) in [5.74, 6) is 0.557. The van der Waals surface area contributed by atoms with Crippen molar-refractivity contribution in [2.45, 2.75) is 45.4 Å². The van der Waals surface area contributed by atoms with Crippen LogP contribution in [0.5, 0.6) is 0 Å². The average molecular weight is 231 g/mol. The summed E-state index contributed by atoms with van der Waals surface area (Å²) in [5, 5.41) is 1.53. The van der Waals surface area contributed by atoms with Gasteiger partial charge in [0.2, 0.25) is 5.28 Å². The third-order valence-electron chi connectivity index (χ3n) is 3.22. The van der Waals surface area contributed by atoms with E-state index in [1.165, 1.54) is 37.2 Å². The first-order valence-corrected chi connectivity index (χ1v) is 6.24. The van der Waals surface area contributed by atoms with Crippen LogP contribution >= 0.6 is 23.1 Å². The summed E-state index contributed by atoms with van der Waals surface area (Å²) in [6, 6.07) is 0. The fourth-order valence-corrected chi connectivity index (χ4v) is 3.46. The Balaban J connectivity index is 2.23. The van der Waals surface area contributed by atoms with Gasteiger partial charge in [0.25, 0.3) is 0 Å². The van der Waals surface area contributed by atoms with Crippen molar-refractivity contribution < 1.29 is 0 Å². The third-order valence-corrected chi connectivity index (χ3v) is 4.32. The molecule has 0 amide bonds. The first-order chi connectivity index (χ1) is 6.59. The first-order valence-electron chi connectivity index (χ1n) is 5.09. The molecule has 78 valence electrons. The molecule has 1 aliphatic rings. The van der Waals surface area contributed by atoms with Gasteiger partial charge in [-0.25, -0.2) is 4.98 Å². The fourth-order valence-electron chi connectivity index (χ4n) is 2.31. The Labute approximate surface area is 93.9 Å².